The van der Waals surface area contributed by atoms with Crippen LogP contribution >= 0.6 is 0 Å². The Morgan fingerprint density at radius 1 is 1.36 bits per heavy atom. The average molecular weight is 304 g/mol. The topological polar surface area (TPSA) is 79.3 Å². The molecule has 0 aliphatic heterocycles. The Morgan fingerprint density at radius 2 is 2.09 bits per heavy atom. The Labute approximate surface area is 127 Å². The number of halogens is 1. The molecule has 1 heterocycles. The molecule has 2 aromatic rings. The number of carboxylic acids is 1. The van der Waals surface area contributed by atoms with E-state index in [1.807, 2.05) is 0 Å². The standard InChI is InChI=1S/C16H17FN2O3/c1-16(2,15(21)22)5-7-19-14(20)12-9-11(17)8-10-4-3-6-18-13(10)12/h3-4,6,8-9H,5,7H2,1-2H3,(H,19,20)(H,21,22). The van der Waals surface area contributed by atoms with Crippen LogP contribution in [0, 0.1) is 11.2 Å². The van der Waals surface area contributed by atoms with E-state index in [-0.39, 0.29) is 18.5 Å². The minimum absolute atomic E-state index is 0.142. The molecule has 0 fully saturated rings. The van der Waals surface area contributed by atoms with E-state index < -0.39 is 23.1 Å². The van der Waals surface area contributed by atoms with Gasteiger partial charge in [0.25, 0.3) is 5.91 Å². The fourth-order valence-electron chi connectivity index (χ4n) is 2.02. The van der Waals surface area contributed by atoms with Crippen molar-refractivity contribution in [1.29, 1.82) is 0 Å². The zero-order chi connectivity index (χ0) is 16.3. The molecular weight excluding hydrogens is 287 g/mol. The van der Waals surface area contributed by atoms with Crippen LogP contribution in [0.2, 0.25) is 0 Å². The maximum atomic E-state index is 13.6. The van der Waals surface area contributed by atoms with Gasteiger partial charge in [0.05, 0.1) is 16.5 Å². The van der Waals surface area contributed by atoms with Crippen LogP contribution < -0.4 is 5.32 Å². The van der Waals surface area contributed by atoms with Crippen molar-refractivity contribution in [1.82, 2.24) is 10.3 Å². The molecule has 1 aromatic heterocycles. The molecule has 1 amide bonds. The van der Waals surface area contributed by atoms with Gasteiger partial charge in [-0.05, 0) is 38.5 Å². The molecule has 0 saturated carbocycles. The molecule has 6 heteroatoms. The van der Waals surface area contributed by atoms with Crippen LogP contribution in [0.5, 0.6) is 0 Å². The number of benzene rings is 1. The Morgan fingerprint density at radius 3 is 2.77 bits per heavy atom. The lowest BCUT2D eigenvalue weighted by atomic mass is 9.89. The van der Waals surface area contributed by atoms with Crippen molar-refractivity contribution >= 4 is 22.8 Å². The molecule has 0 aliphatic carbocycles. The lowest BCUT2D eigenvalue weighted by Crippen LogP contribution is -2.32. The van der Waals surface area contributed by atoms with Crippen LogP contribution in [0.15, 0.2) is 30.5 Å². The highest BCUT2D eigenvalue weighted by atomic mass is 19.1. The van der Waals surface area contributed by atoms with E-state index in [1.165, 1.54) is 12.3 Å². The van der Waals surface area contributed by atoms with E-state index in [2.05, 4.69) is 10.3 Å². The molecule has 0 aliphatic rings. The maximum Gasteiger partial charge on any atom is 0.309 e. The number of aliphatic carboxylic acids is 1. The quantitative estimate of drug-likeness (QED) is 0.890. The first-order valence-electron chi connectivity index (χ1n) is 6.87. The number of pyridine rings is 1. The summed E-state index contributed by atoms with van der Waals surface area (Å²) in [6, 6.07) is 5.79. The van der Waals surface area contributed by atoms with E-state index >= 15 is 0 Å². The normalized spacial score (nSPS) is 11.4. The highest BCUT2D eigenvalue weighted by Gasteiger charge is 2.26. The number of aromatic nitrogens is 1. The lowest BCUT2D eigenvalue weighted by molar-refractivity contribution is -0.147. The van der Waals surface area contributed by atoms with Gasteiger partial charge >= 0.3 is 5.97 Å². The van der Waals surface area contributed by atoms with Gasteiger partial charge in [0.15, 0.2) is 0 Å². The maximum absolute atomic E-state index is 13.6. The van der Waals surface area contributed by atoms with Crippen molar-refractivity contribution in [3.05, 3.63) is 41.8 Å². The summed E-state index contributed by atoms with van der Waals surface area (Å²) in [6.45, 7) is 3.35. The Bertz CT molecular complexity index is 728. The molecule has 116 valence electrons. The minimum Gasteiger partial charge on any atom is -0.481 e. The summed E-state index contributed by atoms with van der Waals surface area (Å²) in [5.74, 6) is -1.92. The fraction of sp³-hybridized carbons (Fsp3) is 0.312. The summed E-state index contributed by atoms with van der Waals surface area (Å²) in [4.78, 5) is 27.3. The second-order valence-electron chi connectivity index (χ2n) is 5.72. The van der Waals surface area contributed by atoms with E-state index in [1.54, 1.807) is 26.0 Å². The van der Waals surface area contributed by atoms with Gasteiger partial charge < -0.3 is 10.4 Å². The number of hydrogen-bond donors (Lipinski definition) is 2. The highest BCUT2D eigenvalue weighted by Crippen LogP contribution is 2.20. The van der Waals surface area contributed by atoms with Crippen LogP contribution in [0.1, 0.15) is 30.6 Å². The molecule has 0 spiro atoms. The molecule has 0 atom stereocenters. The van der Waals surface area contributed by atoms with Crippen LogP contribution in [0.4, 0.5) is 4.39 Å². The molecule has 0 bridgehead atoms. The molecular formula is C16H17FN2O3. The van der Waals surface area contributed by atoms with Crippen molar-refractivity contribution in [2.45, 2.75) is 20.3 Å². The van der Waals surface area contributed by atoms with Crippen molar-refractivity contribution in [2.24, 2.45) is 5.41 Å². The summed E-state index contributed by atoms with van der Waals surface area (Å²) in [7, 11) is 0. The van der Waals surface area contributed by atoms with Gasteiger partial charge in [-0.25, -0.2) is 4.39 Å². The average Bonchev–Trinajstić information content (AvgIpc) is 2.45. The number of carbonyl (C=O) groups is 2. The third kappa shape index (κ3) is 3.39. The van der Waals surface area contributed by atoms with E-state index in [4.69, 9.17) is 5.11 Å². The lowest BCUT2D eigenvalue weighted by Gasteiger charge is -2.19. The number of nitrogens with one attached hydrogen (secondary N) is 1. The summed E-state index contributed by atoms with van der Waals surface area (Å²) in [5, 5.41) is 12.2. The predicted octanol–water partition coefficient (Wildman–Crippen LogP) is 2.60. The summed E-state index contributed by atoms with van der Waals surface area (Å²) in [5.41, 5.74) is -0.377. The zero-order valence-electron chi connectivity index (χ0n) is 12.4. The number of hydrogen-bond acceptors (Lipinski definition) is 3. The zero-order valence-corrected chi connectivity index (χ0v) is 12.4. The molecule has 0 unspecified atom stereocenters. The second kappa shape index (κ2) is 6.09. The van der Waals surface area contributed by atoms with Crippen molar-refractivity contribution in [2.75, 3.05) is 6.54 Å². The molecule has 2 N–H and O–H groups in total. The molecule has 2 rings (SSSR count). The number of rotatable bonds is 5. The first-order valence-corrected chi connectivity index (χ1v) is 6.87. The van der Waals surface area contributed by atoms with Crippen LogP contribution in [-0.2, 0) is 4.79 Å². The van der Waals surface area contributed by atoms with Gasteiger partial charge in [-0.2, -0.15) is 0 Å². The number of amides is 1. The first-order chi connectivity index (χ1) is 10.3. The van der Waals surface area contributed by atoms with Gasteiger partial charge in [-0.3, -0.25) is 14.6 Å². The Hall–Kier alpha value is -2.50. The van der Waals surface area contributed by atoms with Crippen LogP contribution in [0.25, 0.3) is 10.9 Å². The monoisotopic (exact) mass is 304 g/mol. The van der Waals surface area contributed by atoms with E-state index in [0.29, 0.717) is 10.9 Å². The molecule has 0 saturated heterocycles. The number of carboxylic acid groups (broad SMARTS) is 1. The number of fused-ring (bicyclic) bond motifs is 1. The molecule has 0 radical (unpaired) electrons. The minimum atomic E-state index is -0.935. The highest BCUT2D eigenvalue weighted by molar-refractivity contribution is 6.05. The summed E-state index contributed by atoms with van der Waals surface area (Å²) in [6.07, 6.45) is 1.80. The van der Waals surface area contributed by atoms with Crippen LogP contribution in [-0.4, -0.2) is 28.5 Å². The first kappa shape index (κ1) is 15.9. The van der Waals surface area contributed by atoms with Gasteiger partial charge in [0.1, 0.15) is 5.82 Å². The molecule has 5 nitrogen and oxygen atoms in total. The SMILES string of the molecule is CC(C)(CCNC(=O)c1cc(F)cc2cccnc12)C(=O)O. The smallest absolute Gasteiger partial charge is 0.309 e. The Kier molecular flexibility index (Phi) is 4.40. The van der Waals surface area contributed by atoms with Gasteiger partial charge in [-0.15, -0.1) is 0 Å². The summed E-state index contributed by atoms with van der Waals surface area (Å²) >= 11 is 0. The third-order valence-corrected chi connectivity index (χ3v) is 3.53. The fourth-order valence-corrected chi connectivity index (χ4v) is 2.02. The van der Waals surface area contributed by atoms with Gasteiger partial charge in [-0.1, -0.05) is 6.07 Å². The van der Waals surface area contributed by atoms with E-state index in [0.717, 1.165) is 6.07 Å². The van der Waals surface area contributed by atoms with E-state index in [9.17, 15) is 14.0 Å². The van der Waals surface area contributed by atoms with Crippen molar-refractivity contribution in [3.8, 4) is 0 Å². The Balaban J connectivity index is 2.15. The third-order valence-electron chi connectivity index (χ3n) is 3.53. The second-order valence-corrected chi connectivity index (χ2v) is 5.72. The van der Waals surface area contributed by atoms with Crippen molar-refractivity contribution in [3.63, 3.8) is 0 Å². The molecule has 1 aromatic carbocycles. The largest absolute Gasteiger partial charge is 0.481 e. The van der Waals surface area contributed by atoms with Gasteiger partial charge in [0.2, 0.25) is 0 Å². The van der Waals surface area contributed by atoms with Crippen LogP contribution in [0.3, 0.4) is 0 Å². The number of carbonyl (C=O) groups excluding carboxylic acids is 1. The molecule has 22 heavy (non-hydrogen) atoms. The predicted molar refractivity (Wildman–Crippen MR) is 80.1 cm³/mol. The van der Waals surface area contributed by atoms with Crippen molar-refractivity contribution < 1.29 is 19.1 Å². The number of nitrogens with zero attached hydrogens (tertiary/aromatic N) is 1. The van der Waals surface area contributed by atoms with Gasteiger partial charge in [0, 0.05) is 18.1 Å². The summed E-state index contributed by atoms with van der Waals surface area (Å²) < 4.78 is 13.6.